The van der Waals surface area contributed by atoms with Crippen LogP contribution in [0.5, 0.6) is 5.75 Å². The zero-order valence-corrected chi connectivity index (χ0v) is 21.4. The van der Waals surface area contributed by atoms with Gasteiger partial charge in [-0.25, -0.2) is 4.98 Å². The van der Waals surface area contributed by atoms with Crippen LogP contribution >= 0.6 is 0 Å². The van der Waals surface area contributed by atoms with E-state index in [1.807, 2.05) is 54.3 Å². The van der Waals surface area contributed by atoms with E-state index >= 15 is 0 Å². The highest BCUT2D eigenvalue weighted by Gasteiger charge is 2.30. The van der Waals surface area contributed by atoms with Crippen LogP contribution in [0.15, 0.2) is 83.6 Å². The van der Waals surface area contributed by atoms with Crippen molar-refractivity contribution in [3.05, 3.63) is 113 Å². The Morgan fingerprint density at radius 1 is 1.00 bits per heavy atom. The number of rotatable bonds is 12. The van der Waals surface area contributed by atoms with Crippen molar-refractivity contribution in [1.82, 2.24) is 20.2 Å². The first-order valence-corrected chi connectivity index (χ1v) is 12.5. The van der Waals surface area contributed by atoms with Crippen LogP contribution in [0.2, 0.25) is 0 Å². The number of benzene rings is 2. The number of hydrogen-bond donors (Lipinski definition) is 1. The lowest BCUT2D eigenvalue weighted by molar-refractivity contribution is -0.137. The molecule has 0 atom stereocenters. The molecule has 39 heavy (non-hydrogen) atoms. The number of ether oxygens (including phenoxy) is 1. The summed E-state index contributed by atoms with van der Waals surface area (Å²) in [6, 6.07) is 18.3. The van der Waals surface area contributed by atoms with Crippen molar-refractivity contribution >= 4 is 5.91 Å². The zero-order chi connectivity index (χ0) is 27.7. The summed E-state index contributed by atoms with van der Waals surface area (Å²) in [5.74, 6) is 0.636. The summed E-state index contributed by atoms with van der Waals surface area (Å²) < 4.78 is 50.9. The van der Waals surface area contributed by atoms with E-state index in [0.29, 0.717) is 31.7 Å². The number of nitrogens with one attached hydrogen (secondary N) is 1. The molecule has 0 radical (unpaired) electrons. The second-order valence-corrected chi connectivity index (χ2v) is 8.87. The van der Waals surface area contributed by atoms with Gasteiger partial charge in [-0.1, -0.05) is 36.4 Å². The van der Waals surface area contributed by atoms with Gasteiger partial charge in [0.15, 0.2) is 5.69 Å². The van der Waals surface area contributed by atoms with E-state index < -0.39 is 11.7 Å². The summed E-state index contributed by atoms with van der Waals surface area (Å²) >= 11 is 0. The number of carbonyl (C=O) groups is 1. The average Bonchev–Trinajstić information content (AvgIpc) is 3.39. The highest BCUT2D eigenvalue weighted by Crippen LogP contribution is 2.30. The summed E-state index contributed by atoms with van der Waals surface area (Å²) in [4.78, 5) is 23.0. The Hall–Kier alpha value is -4.18. The summed E-state index contributed by atoms with van der Waals surface area (Å²) in [5, 5.41) is 2.80. The fraction of sp³-hybridized carbons (Fsp3) is 0.276. The molecule has 2 heterocycles. The second-order valence-electron chi connectivity index (χ2n) is 8.87. The van der Waals surface area contributed by atoms with Crippen LogP contribution in [0.1, 0.15) is 45.7 Å². The van der Waals surface area contributed by atoms with Gasteiger partial charge < -0.3 is 14.5 Å². The predicted molar refractivity (Wildman–Crippen MR) is 139 cm³/mol. The van der Waals surface area contributed by atoms with Crippen LogP contribution in [-0.2, 0) is 32.2 Å². The Labute approximate surface area is 224 Å². The van der Waals surface area contributed by atoms with Crippen LogP contribution in [0.4, 0.5) is 13.2 Å². The number of pyridine rings is 1. The Morgan fingerprint density at radius 2 is 1.79 bits per heavy atom. The van der Waals surface area contributed by atoms with Crippen LogP contribution < -0.4 is 10.1 Å². The van der Waals surface area contributed by atoms with E-state index in [1.165, 1.54) is 12.3 Å². The van der Waals surface area contributed by atoms with E-state index in [4.69, 9.17) is 9.15 Å². The molecule has 0 spiro atoms. The van der Waals surface area contributed by atoms with Gasteiger partial charge in [-0.2, -0.15) is 13.2 Å². The average molecular weight is 539 g/mol. The molecule has 7 nitrogen and oxygen atoms in total. The van der Waals surface area contributed by atoms with Gasteiger partial charge in [0.25, 0.3) is 5.91 Å². The molecule has 0 aliphatic rings. The van der Waals surface area contributed by atoms with E-state index in [9.17, 15) is 18.0 Å². The van der Waals surface area contributed by atoms with Crippen molar-refractivity contribution in [2.75, 3.05) is 13.2 Å². The maximum Gasteiger partial charge on any atom is 0.416 e. The molecule has 2 aromatic carbocycles. The van der Waals surface area contributed by atoms with Gasteiger partial charge in [-0.3, -0.25) is 14.7 Å². The van der Waals surface area contributed by atoms with Gasteiger partial charge in [0.2, 0.25) is 5.89 Å². The van der Waals surface area contributed by atoms with Crippen LogP contribution in [0.3, 0.4) is 0 Å². The molecule has 0 aliphatic heterocycles. The highest BCUT2D eigenvalue weighted by molar-refractivity contribution is 5.91. The van der Waals surface area contributed by atoms with Crippen molar-refractivity contribution in [2.45, 2.75) is 39.2 Å². The lowest BCUT2D eigenvalue weighted by atomic mass is 10.1. The van der Waals surface area contributed by atoms with Crippen molar-refractivity contribution < 1.29 is 27.1 Å². The number of hydrogen-bond acceptors (Lipinski definition) is 6. The summed E-state index contributed by atoms with van der Waals surface area (Å²) in [5.41, 5.74) is 1.71. The number of alkyl halides is 3. The van der Waals surface area contributed by atoms with Crippen molar-refractivity contribution in [2.24, 2.45) is 0 Å². The van der Waals surface area contributed by atoms with E-state index in [2.05, 4.69) is 15.3 Å². The number of nitrogens with zero attached hydrogens (tertiary/aromatic N) is 3. The highest BCUT2D eigenvalue weighted by atomic mass is 19.4. The predicted octanol–water partition coefficient (Wildman–Crippen LogP) is 5.66. The molecule has 0 saturated carbocycles. The molecule has 10 heteroatoms. The molecule has 1 amide bonds. The summed E-state index contributed by atoms with van der Waals surface area (Å²) in [7, 11) is 0. The van der Waals surface area contributed by atoms with Gasteiger partial charge in [0.05, 0.1) is 18.7 Å². The van der Waals surface area contributed by atoms with Gasteiger partial charge in [-0.05, 0) is 48.4 Å². The fourth-order valence-electron chi connectivity index (χ4n) is 4.01. The van der Waals surface area contributed by atoms with E-state index in [1.54, 1.807) is 12.3 Å². The molecular weight excluding hydrogens is 509 g/mol. The first-order valence-electron chi connectivity index (χ1n) is 12.5. The standard InChI is InChI=1S/C29H29F3N4O3/c1-2-38-25-11-9-21(10-12-25)17-36(18-22-6-5-7-23(16-22)29(30,31)32)19-27-35-26(20-39-27)28(37)34-15-13-24-8-3-4-14-33-24/h3-12,14,16,20H,2,13,15,17-19H2,1H3,(H,34,37). The third-order valence-electron chi connectivity index (χ3n) is 5.84. The Morgan fingerprint density at radius 3 is 2.51 bits per heavy atom. The maximum absolute atomic E-state index is 13.3. The maximum atomic E-state index is 13.3. The van der Waals surface area contributed by atoms with E-state index in [-0.39, 0.29) is 30.6 Å². The van der Waals surface area contributed by atoms with Crippen LogP contribution in [0, 0.1) is 0 Å². The normalized spacial score (nSPS) is 11.5. The number of oxazole rings is 1. The largest absolute Gasteiger partial charge is 0.494 e. The Bertz CT molecular complexity index is 1340. The lowest BCUT2D eigenvalue weighted by Gasteiger charge is -2.22. The Kier molecular flexibility index (Phi) is 9.32. The molecule has 0 aliphatic carbocycles. The van der Waals surface area contributed by atoms with Gasteiger partial charge in [0, 0.05) is 37.9 Å². The fourth-order valence-corrected chi connectivity index (χ4v) is 4.01. The first-order chi connectivity index (χ1) is 18.8. The van der Waals surface area contributed by atoms with Crippen LogP contribution in [0.25, 0.3) is 0 Å². The molecule has 0 saturated heterocycles. The molecule has 1 N–H and O–H groups in total. The lowest BCUT2D eigenvalue weighted by Crippen LogP contribution is -2.26. The smallest absolute Gasteiger partial charge is 0.416 e. The summed E-state index contributed by atoms with van der Waals surface area (Å²) in [6.07, 6.45) is -0.883. The van der Waals surface area contributed by atoms with E-state index in [0.717, 1.165) is 29.1 Å². The quantitative estimate of drug-likeness (QED) is 0.251. The third-order valence-corrected chi connectivity index (χ3v) is 5.84. The van der Waals surface area contributed by atoms with Gasteiger partial charge in [-0.15, -0.1) is 0 Å². The molecular formula is C29H29F3N4O3. The molecule has 4 aromatic rings. The zero-order valence-electron chi connectivity index (χ0n) is 21.4. The van der Waals surface area contributed by atoms with Crippen LogP contribution in [-0.4, -0.2) is 33.9 Å². The van der Waals surface area contributed by atoms with Crippen molar-refractivity contribution in [1.29, 1.82) is 0 Å². The molecule has 4 rings (SSSR count). The van der Waals surface area contributed by atoms with Crippen molar-refractivity contribution in [3.8, 4) is 5.75 Å². The molecule has 0 fully saturated rings. The SMILES string of the molecule is CCOc1ccc(CN(Cc2cccc(C(F)(F)F)c2)Cc2nc(C(=O)NCCc3ccccn3)co2)cc1. The number of aromatic nitrogens is 2. The van der Waals surface area contributed by atoms with Gasteiger partial charge in [0.1, 0.15) is 12.0 Å². The molecule has 2 aromatic heterocycles. The second kappa shape index (κ2) is 13.1. The molecule has 0 unspecified atom stereocenters. The Balaban J connectivity index is 1.44. The minimum atomic E-state index is -4.43. The van der Waals surface area contributed by atoms with Gasteiger partial charge >= 0.3 is 6.18 Å². The minimum Gasteiger partial charge on any atom is -0.494 e. The first kappa shape index (κ1) is 27.8. The minimum absolute atomic E-state index is 0.131. The number of amides is 1. The topological polar surface area (TPSA) is 80.5 Å². The van der Waals surface area contributed by atoms with Crippen molar-refractivity contribution in [3.63, 3.8) is 0 Å². The summed E-state index contributed by atoms with van der Waals surface area (Å²) in [6.45, 7) is 3.64. The number of carbonyl (C=O) groups excluding carboxylic acids is 1. The molecule has 204 valence electrons. The molecule has 0 bridgehead atoms. The monoisotopic (exact) mass is 538 g/mol. The third kappa shape index (κ3) is 8.41. The number of halogens is 3.